The molecule has 1 saturated carbocycles. The van der Waals surface area contributed by atoms with Crippen LogP contribution in [0.2, 0.25) is 0 Å². The van der Waals surface area contributed by atoms with Gasteiger partial charge in [-0.25, -0.2) is 4.39 Å². The van der Waals surface area contributed by atoms with E-state index in [1.807, 2.05) is 6.07 Å². The number of para-hydroxylation sites is 1. The average molecular weight is 236 g/mol. The first kappa shape index (κ1) is 12.2. The van der Waals surface area contributed by atoms with Crippen molar-refractivity contribution in [2.45, 2.75) is 33.1 Å². The van der Waals surface area contributed by atoms with E-state index in [0.29, 0.717) is 5.69 Å². The third-order valence-electron chi connectivity index (χ3n) is 4.00. The summed E-state index contributed by atoms with van der Waals surface area (Å²) in [6, 6.07) is 4.90. The number of anilines is 2. The van der Waals surface area contributed by atoms with Crippen molar-refractivity contribution in [2.75, 3.05) is 17.6 Å². The minimum Gasteiger partial charge on any atom is -0.395 e. The second-order valence-electron chi connectivity index (χ2n) is 5.67. The lowest BCUT2D eigenvalue weighted by molar-refractivity contribution is 0.134. The Bertz CT molecular complexity index is 397. The summed E-state index contributed by atoms with van der Waals surface area (Å²) in [6.07, 6.45) is 3.97. The van der Waals surface area contributed by atoms with Crippen molar-refractivity contribution in [1.82, 2.24) is 0 Å². The summed E-state index contributed by atoms with van der Waals surface area (Å²) in [6.45, 7) is 5.37. The number of hydrogen-bond acceptors (Lipinski definition) is 2. The van der Waals surface area contributed by atoms with E-state index in [1.54, 1.807) is 6.07 Å². The molecule has 94 valence electrons. The van der Waals surface area contributed by atoms with E-state index in [4.69, 9.17) is 5.73 Å². The van der Waals surface area contributed by atoms with Crippen LogP contribution in [0.5, 0.6) is 0 Å². The van der Waals surface area contributed by atoms with E-state index in [1.165, 1.54) is 25.3 Å². The monoisotopic (exact) mass is 236 g/mol. The van der Waals surface area contributed by atoms with Gasteiger partial charge in [0.05, 0.1) is 11.4 Å². The van der Waals surface area contributed by atoms with Gasteiger partial charge < -0.3 is 11.1 Å². The molecule has 0 aliphatic heterocycles. The highest BCUT2D eigenvalue weighted by Crippen LogP contribution is 2.41. The standard InChI is InChI=1S/C14H21FN2/c1-14(2,10-5-3-6-10)9-17-12-8-4-7-11(15)13(12)16/h4,7-8,10,17H,3,5-6,9,16H2,1-2H3. The molecule has 0 radical (unpaired) electrons. The predicted molar refractivity (Wildman–Crippen MR) is 70.4 cm³/mol. The smallest absolute Gasteiger partial charge is 0.148 e. The summed E-state index contributed by atoms with van der Waals surface area (Å²) in [5.74, 6) is 0.432. The molecule has 2 rings (SSSR count). The van der Waals surface area contributed by atoms with Gasteiger partial charge in [-0.1, -0.05) is 26.3 Å². The fourth-order valence-corrected chi connectivity index (χ4v) is 2.35. The molecule has 0 atom stereocenters. The molecule has 1 aliphatic carbocycles. The van der Waals surface area contributed by atoms with Crippen LogP contribution in [0, 0.1) is 17.2 Å². The Kier molecular flexibility index (Phi) is 3.27. The SMILES string of the molecule is CC(C)(CNc1cccc(F)c1N)C1CCC1. The fourth-order valence-electron chi connectivity index (χ4n) is 2.35. The van der Waals surface area contributed by atoms with Gasteiger partial charge in [-0.3, -0.25) is 0 Å². The van der Waals surface area contributed by atoms with Gasteiger partial charge in [0.2, 0.25) is 0 Å². The highest BCUT2D eigenvalue weighted by atomic mass is 19.1. The molecular formula is C14H21FN2. The molecule has 17 heavy (non-hydrogen) atoms. The molecule has 1 aromatic carbocycles. The number of hydrogen-bond donors (Lipinski definition) is 2. The molecule has 0 saturated heterocycles. The molecule has 0 amide bonds. The van der Waals surface area contributed by atoms with Crippen LogP contribution in [0.15, 0.2) is 18.2 Å². The summed E-state index contributed by atoms with van der Waals surface area (Å²) in [5, 5.41) is 3.28. The van der Waals surface area contributed by atoms with Crippen molar-refractivity contribution in [1.29, 1.82) is 0 Å². The molecule has 0 spiro atoms. The maximum atomic E-state index is 13.3. The lowest BCUT2D eigenvalue weighted by Gasteiger charge is -2.40. The second-order valence-corrected chi connectivity index (χ2v) is 5.67. The number of nitrogens with one attached hydrogen (secondary N) is 1. The summed E-state index contributed by atoms with van der Waals surface area (Å²) in [5.41, 5.74) is 6.87. The molecule has 0 unspecified atom stereocenters. The van der Waals surface area contributed by atoms with E-state index in [9.17, 15) is 4.39 Å². The van der Waals surface area contributed by atoms with Crippen molar-refractivity contribution in [2.24, 2.45) is 11.3 Å². The molecule has 1 aliphatic rings. The van der Waals surface area contributed by atoms with Crippen LogP contribution in [0.1, 0.15) is 33.1 Å². The Labute approximate surface area is 102 Å². The predicted octanol–water partition coefficient (Wildman–Crippen LogP) is 3.65. The van der Waals surface area contributed by atoms with Crippen molar-refractivity contribution in [3.8, 4) is 0 Å². The average Bonchev–Trinajstić information content (AvgIpc) is 2.17. The first-order valence-corrected chi connectivity index (χ1v) is 6.28. The summed E-state index contributed by atoms with van der Waals surface area (Å²) in [7, 11) is 0. The molecule has 0 heterocycles. The molecule has 0 aromatic heterocycles. The molecule has 1 aromatic rings. The van der Waals surface area contributed by atoms with Gasteiger partial charge in [0, 0.05) is 6.54 Å². The Morgan fingerprint density at radius 3 is 2.71 bits per heavy atom. The van der Waals surface area contributed by atoms with Crippen LogP contribution in [0.3, 0.4) is 0 Å². The topological polar surface area (TPSA) is 38.0 Å². The number of rotatable bonds is 4. The zero-order valence-electron chi connectivity index (χ0n) is 10.6. The largest absolute Gasteiger partial charge is 0.395 e. The summed E-state index contributed by atoms with van der Waals surface area (Å²) < 4.78 is 13.3. The Morgan fingerprint density at radius 2 is 2.12 bits per heavy atom. The summed E-state index contributed by atoms with van der Waals surface area (Å²) in [4.78, 5) is 0. The van der Waals surface area contributed by atoms with Gasteiger partial charge in [0.25, 0.3) is 0 Å². The fraction of sp³-hybridized carbons (Fsp3) is 0.571. The van der Waals surface area contributed by atoms with Gasteiger partial charge in [-0.15, -0.1) is 0 Å². The Balaban J connectivity index is 1.99. The van der Waals surface area contributed by atoms with Gasteiger partial charge in [-0.05, 0) is 36.3 Å². The van der Waals surface area contributed by atoms with E-state index >= 15 is 0 Å². The maximum Gasteiger partial charge on any atom is 0.148 e. The number of nitrogens with two attached hydrogens (primary N) is 1. The number of nitrogen functional groups attached to an aromatic ring is 1. The van der Waals surface area contributed by atoms with E-state index in [2.05, 4.69) is 19.2 Å². The van der Waals surface area contributed by atoms with E-state index < -0.39 is 0 Å². The van der Waals surface area contributed by atoms with Crippen LogP contribution in [-0.4, -0.2) is 6.54 Å². The van der Waals surface area contributed by atoms with Crippen molar-refractivity contribution < 1.29 is 4.39 Å². The number of benzene rings is 1. The van der Waals surface area contributed by atoms with Gasteiger partial charge in [0.15, 0.2) is 0 Å². The zero-order chi connectivity index (χ0) is 12.5. The zero-order valence-corrected chi connectivity index (χ0v) is 10.6. The highest BCUT2D eigenvalue weighted by molar-refractivity contribution is 5.66. The molecule has 2 nitrogen and oxygen atoms in total. The quantitative estimate of drug-likeness (QED) is 0.783. The highest BCUT2D eigenvalue weighted by Gasteiger charge is 2.33. The van der Waals surface area contributed by atoms with Crippen LogP contribution < -0.4 is 11.1 Å². The molecular weight excluding hydrogens is 215 g/mol. The van der Waals surface area contributed by atoms with Crippen molar-refractivity contribution >= 4 is 11.4 Å². The lowest BCUT2D eigenvalue weighted by Crippen LogP contribution is -2.35. The van der Waals surface area contributed by atoms with Crippen LogP contribution in [0.4, 0.5) is 15.8 Å². The van der Waals surface area contributed by atoms with E-state index in [-0.39, 0.29) is 16.9 Å². The van der Waals surface area contributed by atoms with Crippen molar-refractivity contribution in [3.63, 3.8) is 0 Å². The summed E-state index contributed by atoms with van der Waals surface area (Å²) >= 11 is 0. The molecule has 3 N–H and O–H groups in total. The van der Waals surface area contributed by atoms with Crippen LogP contribution in [-0.2, 0) is 0 Å². The lowest BCUT2D eigenvalue weighted by atomic mass is 9.67. The van der Waals surface area contributed by atoms with Gasteiger partial charge >= 0.3 is 0 Å². The maximum absolute atomic E-state index is 13.3. The van der Waals surface area contributed by atoms with Crippen LogP contribution >= 0.6 is 0 Å². The third-order valence-corrected chi connectivity index (χ3v) is 4.00. The van der Waals surface area contributed by atoms with Crippen molar-refractivity contribution in [3.05, 3.63) is 24.0 Å². The molecule has 1 fully saturated rings. The first-order chi connectivity index (χ1) is 8.00. The van der Waals surface area contributed by atoms with E-state index in [0.717, 1.165) is 12.5 Å². The molecule has 3 heteroatoms. The normalized spacial score (nSPS) is 16.6. The second kappa shape index (κ2) is 4.55. The van der Waals surface area contributed by atoms with Gasteiger partial charge in [-0.2, -0.15) is 0 Å². The Hall–Kier alpha value is -1.25. The van der Waals surface area contributed by atoms with Gasteiger partial charge in [0.1, 0.15) is 5.82 Å². The minimum atomic E-state index is -0.351. The molecule has 0 bridgehead atoms. The minimum absolute atomic E-state index is 0.219. The Morgan fingerprint density at radius 1 is 1.41 bits per heavy atom. The number of halogens is 1. The van der Waals surface area contributed by atoms with Crippen LogP contribution in [0.25, 0.3) is 0 Å². The third kappa shape index (κ3) is 2.54. The first-order valence-electron chi connectivity index (χ1n) is 6.28.